The van der Waals surface area contributed by atoms with Crippen LogP contribution in [0, 0.1) is 17.2 Å². The van der Waals surface area contributed by atoms with Crippen molar-refractivity contribution < 1.29 is 9.78 Å². The normalized spacial score (nSPS) is 23.1. The number of nitrogens with zero attached hydrogens (tertiary/aromatic N) is 5. The number of rotatable bonds is 10. The Morgan fingerprint density at radius 3 is 2.39 bits per heavy atom. The molecule has 0 radical (unpaired) electrons. The SMILES string of the molecule is C=C(c1ccc2c(c1)CCc1cc(C(=O)N(C)C)ccc1[C@]2(CCNCC(=C)N1C(C#N)C[C@@H]2C[C@@H]21)c1[nH]nc[nH+]1)N(C)C. The molecule has 0 spiro atoms. The molecule has 1 saturated heterocycles. The molecule has 1 unspecified atom stereocenters. The van der Waals surface area contributed by atoms with Crippen LogP contribution in [0.3, 0.4) is 0 Å². The van der Waals surface area contributed by atoms with E-state index in [1.807, 2.05) is 25.1 Å². The number of H-pyrrole nitrogens is 2. The van der Waals surface area contributed by atoms with E-state index in [1.54, 1.807) is 25.3 Å². The van der Waals surface area contributed by atoms with Gasteiger partial charge in [-0.15, -0.1) is 5.10 Å². The molecule has 1 aliphatic heterocycles. The lowest BCUT2D eigenvalue weighted by Crippen LogP contribution is -2.40. The first-order chi connectivity index (χ1) is 21.1. The average molecular weight is 592 g/mol. The molecule has 1 amide bonds. The molecule has 2 aliphatic carbocycles. The van der Waals surface area contributed by atoms with Crippen molar-refractivity contribution in [2.45, 2.75) is 49.6 Å². The summed E-state index contributed by atoms with van der Waals surface area (Å²) in [7, 11) is 7.61. The molecular formula is C35H43N8O+. The van der Waals surface area contributed by atoms with Crippen molar-refractivity contribution in [1.29, 1.82) is 5.26 Å². The van der Waals surface area contributed by atoms with E-state index in [0.29, 0.717) is 30.6 Å². The fourth-order valence-corrected chi connectivity index (χ4v) is 7.41. The fourth-order valence-electron chi connectivity index (χ4n) is 7.41. The van der Waals surface area contributed by atoms with Crippen molar-refractivity contribution in [3.8, 4) is 6.07 Å². The van der Waals surface area contributed by atoms with Gasteiger partial charge in [0, 0.05) is 62.8 Å². The molecule has 3 aromatic rings. The van der Waals surface area contributed by atoms with Gasteiger partial charge in [-0.2, -0.15) is 5.26 Å². The Balaban J connectivity index is 1.39. The van der Waals surface area contributed by atoms with E-state index >= 15 is 0 Å². The first-order valence-corrected chi connectivity index (χ1v) is 15.5. The van der Waals surface area contributed by atoms with Gasteiger partial charge in [-0.25, -0.2) is 4.98 Å². The number of piperidine rings is 1. The van der Waals surface area contributed by atoms with Crippen LogP contribution >= 0.6 is 0 Å². The number of likely N-dealkylation sites (tertiary alicyclic amines) is 1. The Labute approximate surface area is 260 Å². The predicted octanol–water partition coefficient (Wildman–Crippen LogP) is 3.37. The van der Waals surface area contributed by atoms with E-state index in [4.69, 9.17) is 0 Å². The number of nitrogens with one attached hydrogen (secondary N) is 3. The number of carbonyl (C=O) groups is 1. The van der Waals surface area contributed by atoms with Gasteiger partial charge in [0.25, 0.3) is 12.2 Å². The summed E-state index contributed by atoms with van der Waals surface area (Å²) in [5.41, 5.74) is 7.94. The third-order valence-electron chi connectivity index (χ3n) is 9.82. The van der Waals surface area contributed by atoms with Crippen molar-refractivity contribution in [2.24, 2.45) is 5.92 Å². The molecule has 6 rings (SSSR count). The summed E-state index contributed by atoms with van der Waals surface area (Å²) in [4.78, 5) is 22.4. The zero-order valence-corrected chi connectivity index (χ0v) is 26.3. The van der Waals surface area contributed by atoms with E-state index < -0.39 is 5.41 Å². The van der Waals surface area contributed by atoms with E-state index in [-0.39, 0.29) is 11.9 Å². The lowest BCUT2D eigenvalue weighted by Gasteiger charge is -2.34. The molecule has 1 aromatic heterocycles. The number of hydrogen-bond donors (Lipinski definition) is 2. The van der Waals surface area contributed by atoms with Crippen LogP contribution in [0.4, 0.5) is 0 Å². The lowest BCUT2D eigenvalue weighted by molar-refractivity contribution is -0.395. The van der Waals surface area contributed by atoms with Crippen molar-refractivity contribution in [3.05, 3.63) is 101 Å². The number of amides is 1. The monoisotopic (exact) mass is 591 g/mol. The van der Waals surface area contributed by atoms with Crippen molar-refractivity contribution in [2.75, 3.05) is 41.3 Å². The standard InChI is InChI=1S/C35H42N8O/c1-22(43-29(19-36)17-28-18-32(28)43)20-37-14-13-35(34-38-21-39-40-34)30-11-9-24(23(2)41(3)4)15-25(30)7-8-26-16-27(10-12-31(26)35)33(44)42(5)6/h9-12,15-16,21,28-29,32,37H,1-2,7-8,13-14,17-18,20H2,3-6H3,(H,38,39,40)/p+1/t28-,29?,32+,35-/m1/s1. The fraction of sp³-hybridized carbons (Fsp3) is 0.429. The zero-order valence-electron chi connectivity index (χ0n) is 26.3. The van der Waals surface area contributed by atoms with Crippen LogP contribution in [0.15, 0.2) is 61.6 Å². The van der Waals surface area contributed by atoms with Crippen LogP contribution in [0.2, 0.25) is 0 Å². The maximum absolute atomic E-state index is 13.0. The molecule has 44 heavy (non-hydrogen) atoms. The van der Waals surface area contributed by atoms with Gasteiger partial charge in [0.2, 0.25) is 5.82 Å². The van der Waals surface area contributed by atoms with Gasteiger partial charge in [0.05, 0.1) is 6.07 Å². The molecule has 3 N–H and O–H groups in total. The molecule has 228 valence electrons. The van der Waals surface area contributed by atoms with Crippen LogP contribution in [-0.4, -0.2) is 84.2 Å². The van der Waals surface area contributed by atoms with E-state index in [9.17, 15) is 10.1 Å². The summed E-state index contributed by atoms with van der Waals surface area (Å²) in [6.07, 6.45) is 6.20. The number of hydrogen-bond acceptors (Lipinski definition) is 6. The molecule has 9 heteroatoms. The maximum atomic E-state index is 13.0. The highest BCUT2D eigenvalue weighted by Crippen LogP contribution is 2.49. The summed E-state index contributed by atoms with van der Waals surface area (Å²) >= 11 is 0. The van der Waals surface area contributed by atoms with Crippen LogP contribution in [0.1, 0.15) is 63.3 Å². The second-order valence-corrected chi connectivity index (χ2v) is 12.9. The highest BCUT2D eigenvalue weighted by molar-refractivity contribution is 5.94. The molecule has 4 atom stereocenters. The Morgan fingerprint density at radius 2 is 1.77 bits per heavy atom. The first kappa shape index (κ1) is 29.6. The molecule has 3 aliphatic rings. The van der Waals surface area contributed by atoms with Gasteiger partial charge in [0.15, 0.2) is 0 Å². The number of benzene rings is 2. The minimum atomic E-state index is -0.575. The van der Waals surface area contributed by atoms with Gasteiger partial charge < -0.3 is 20.0 Å². The van der Waals surface area contributed by atoms with E-state index in [2.05, 4.69) is 75.0 Å². The number of aromatic amines is 2. The van der Waals surface area contributed by atoms with Crippen LogP contribution < -0.4 is 10.3 Å². The first-order valence-electron chi connectivity index (χ1n) is 15.5. The van der Waals surface area contributed by atoms with Crippen LogP contribution in [0.5, 0.6) is 0 Å². The summed E-state index contributed by atoms with van der Waals surface area (Å²) in [6.45, 7) is 10.0. The summed E-state index contributed by atoms with van der Waals surface area (Å²) in [5, 5.41) is 21.0. The van der Waals surface area contributed by atoms with Gasteiger partial charge >= 0.3 is 0 Å². The van der Waals surface area contributed by atoms with Crippen molar-refractivity contribution in [1.82, 2.24) is 30.2 Å². The molecule has 2 aromatic carbocycles. The van der Waals surface area contributed by atoms with Gasteiger partial charge in [0.1, 0.15) is 11.5 Å². The van der Waals surface area contributed by atoms with Crippen molar-refractivity contribution >= 4 is 11.6 Å². The molecule has 2 heterocycles. The molecule has 1 saturated carbocycles. The maximum Gasteiger partial charge on any atom is 0.262 e. The number of aryl methyl sites for hydroxylation is 2. The summed E-state index contributed by atoms with van der Waals surface area (Å²) in [5.74, 6) is 1.54. The molecule has 2 fully saturated rings. The van der Waals surface area contributed by atoms with Crippen LogP contribution in [0.25, 0.3) is 5.70 Å². The quantitative estimate of drug-likeness (QED) is 0.351. The third-order valence-corrected chi connectivity index (χ3v) is 9.82. The van der Waals surface area contributed by atoms with Gasteiger partial charge in [-0.1, -0.05) is 31.4 Å². The van der Waals surface area contributed by atoms with E-state index in [1.165, 1.54) is 17.5 Å². The second-order valence-electron chi connectivity index (χ2n) is 12.9. The smallest absolute Gasteiger partial charge is 0.262 e. The second kappa shape index (κ2) is 11.6. The number of fused-ring (bicyclic) bond motifs is 3. The summed E-state index contributed by atoms with van der Waals surface area (Å²) < 4.78 is 0. The largest absolute Gasteiger partial charge is 0.378 e. The highest BCUT2D eigenvalue weighted by Gasteiger charge is 2.52. The third kappa shape index (κ3) is 5.07. The number of carbonyl (C=O) groups excluding carboxylic acids is 1. The molecule has 9 nitrogen and oxygen atoms in total. The van der Waals surface area contributed by atoms with Gasteiger partial charge in [-0.3, -0.25) is 4.79 Å². The van der Waals surface area contributed by atoms with Crippen molar-refractivity contribution in [3.63, 3.8) is 0 Å². The Bertz CT molecular complexity index is 1560. The Morgan fingerprint density at radius 1 is 1.09 bits per heavy atom. The minimum absolute atomic E-state index is 0.00602. The predicted molar refractivity (Wildman–Crippen MR) is 170 cm³/mol. The minimum Gasteiger partial charge on any atom is -0.378 e. The average Bonchev–Trinajstić information content (AvgIpc) is 3.41. The van der Waals surface area contributed by atoms with E-state index in [0.717, 1.165) is 59.6 Å². The zero-order chi connectivity index (χ0) is 31.2. The highest BCUT2D eigenvalue weighted by atomic mass is 16.2. The molecule has 0 bridgehead atoms. The topological polar surface area (TPSA) is 105 Å². The Hall–Kier alpha value is -4.42. The van der Waals surface area contributed by atoms with Gasteiger partial charge in [-0.05, 0) is 90.6 Å². The van der Waals surface area contributed by atoms with Crippen LogP contribution in [-0.2, 0) is 18.3 Å². The number of aromatic nitrogens is 3. The summed E-state index contributed by atoms with van der Waals surface area (Å²) in [6, 6.07) is 15.7. The Kier molecular flexibility index (Phi) is 7.80. The molecular weight excluding hydrogens is 548 g/mol. The number of nitriles is 1. The lowest BCUT2D eigenvalue weighted by atomic mass is 9.69.